The highest BCUT2D eigenvalue weighted by molar-refractivity contribution is 5.96. The van der Waals surface area contributed by atoms with Crippen LogP contribution < -0.4 is 10.6 Å². The average Bonchev–Trinajstić information content (AvgIpc) is 2.68. The van der Waals surface area contributed by atoms with E-state index in [1.54, 1.807) is 12.1 Å². The van der Waals surface area contributed by atoms with Crippen molar-refractivity contribution < 1.29 is 19.1 Å². The summed E-state index contributed by atoms with van der Waals surface area (Å²) in [7, 11) is 0. The van der Waals surface area contributed by atoms with Crippen molar-refractivity contribution in [3.8, 4) is 0 Å². The normalized spacial score (nSPS) is 11.7. The first-order valence-corrected chi connectivity index (χ1v) is 8.92. The Morgan fingerprint density at radius 3 is 2.43 bits per heavy atom. The molecule has 6 heteroatoms. The molecular formula is C22H24N2O4. The van der Waals surface area contributed by atoms with Gasteiger partial charge in [0.1, 0.15) is 6.04 Å². The molecule has 0 unspecified atom stereocenters. The van der Waals surface area contributed by atoms with Gasteiger partial charge in [-0.15, -0.1) is 0 Å². The van der Waals surface area contributed by atoms with E-state index >= 15 is 0 Å². The van der Waals surface area contributed by atoms with Crippen LogP contribution >= 0.6 is 0 Å². The molecule has 0 aliphatic heterocycles. The van der Waals surface area contributed by atoms with Crippen molar-refractivity contribution in [2.24, 2.45) is 0 Å². The van der Waals surface area contributed by atoms with Crippen molar-refractivity contribution in [1.82, 2.24) is 5.32 Å². The van der Waals surface area contributed by atoms with E-state index in [-0.39, 0.29) is 0 Å². The quantitative estimate of drug-likeness (QED) is 0.571. The van der Waals surface area contributed by atoms with Gasteiger partial charge in [0.25, 0.3) is 5.91 Å². The van der Waals surface area contributed by atoms with Crippen LogP contribution in [0.5, 0.6) is 0 Å². The van der Waals surface area contributed by atoms with Crippen LogP contribution in [0.4, 0.5) is 5.69 Å². The lowest BCUT2D eigenvalue weighted by Gasteiger charge is -2.12. The molecule has 0 spiro atoms. The Bertz CT molecular complexity index is 875. The number of nitrogens with one attached hydrogen (secondary N) is 2. The molecule has 0 aliphatic rings. The van der Waals surface area contributed by atoms with Crippen LogP contribution in [0.2, 0.25) is 0 Å². The Morgan fingerprint density at radius 2 is 1.75 bits per heavy atom. The van der Waals surface area contributed by atoms with Crippen LogP contribution in [0, 0.1) is 13.8 Å². The van der Waals surface area contributed by atoms with E-state index in [0.717, 1.165) is 16.7 Å². The molecular weight excluding hydrogens is 356 g/mol. The fourth-order valence-electron chi connectivity index (χ4n) is 2.33. The van der Waals surface area contributed by atoms with Gasteiger partial charge in [-0.3, -0.25) is 9.59 Å². The summed E-state index contributed by atoms with van der Waals surface area (Å²) in [5, 5.41) is 5.17. The Morgan fingerprint density at radius 1 is 1.04 bits per heavy atom. The number of benzene rings is 2. The van der Waals surface area contributed by atoms with Crippen LogP contribution in [0.25, 0.3) is 6.08 Å². The smallest absolute Gasteiger partial charge is 0.328 e. The second-order valence-electron chi connectivity index (χ2n) is 6.43. The lowest BCUT2D eigenvalue weighted by Crippen LogP contribution is -2.39. The monoisotopic (exact) mass is 380 g/mol. The van der Waals surface area contributed by atoms with Crippen molar-refractivity contribution in [2.75, 3.05) is 11.9 Å². The Hall–Kier alpha value is -3.41. The molecule has 0 aliphatic carbocycles. The van der Waals surface area contributed by atoms with Gasteiger partial charge in [0.15, 0.2) is 6.61 Å². The Kier molecular flexibility index (Phi) is 7.51. The third kappa shape index (κ3) is 6.72. The molecule has 0 fully saturated rings. The number of amides is 2. The van der Waals surface area contributed by atoms with Gasteiger partial charge in [-0.25, -0.2) is 4.79 Å². The summed E-state index contributed by atoms with van der Waals surface area (Å²) in [5.41, 5.74) is 3.68. The highest BCUT2D eigenvalue weighted by Gasteiger charge is 2.17. The number of hydrogen-bond acceptors (Lipinski definition) is 4. The molecule has 2 aromatic rings. The molecule has 2 N–H and O–H groups in total. The number of rotatable bonds is 7. The van der Waals surface area contributed by atoms with E-state index in [9.17, 15) is 14.4 Å². The Labute approximate surface area is 164 Å². The minimum atomic E-state index is -0.873. The van der Waals surface area contributed by atoms with Crippen molar-refractivity contribution in [2.45, 2.75) is 26.8 Å². The molecule has 2 aromatic carbocycles. The molecule has 1 atom stereocenters. The maximum absolute atomic E-state index is 12.0. The lowest BCUT2D eigenvalue weighted by atomic mass is 10.1. The standard InChI is InChI=1S/C22H24N2O4/c1-15-9-11-19(13-16(15)2)24-21(26)14-28-22(27)17(3)23-20(25)12-10-18-7-5-4-6-8-18/h4-13,17H,14H2,1-3H3,(H,23,25)(H,24,26)/b12-10+/t17-/m0/s1. The van der Waals surface area contributed by atoms with E-state index in [2.05, 4.69) is 10.6 Å². The van der Waals surface area contributed by atoms with Gasteiger partial charge in [-0.05, 0) is 55.7 Å². The van der Waals surface area contributed by atoms with Gasteiger partial charge >= 0.3 is 5.97 Å². The fourth-order valence-corrected chi connectivity index (χ4v) is 2.33. The molecule has 2 amide bonds. The van der Waals surface area contributed by atoms with Gasteiger partial charge in [0.2, 0.25) is 5.91 Å². The summed E-state index contributed by atoms with van der Waals surface area (Å²) in [5.74, 6) is -1.55. The van der Waals surface area contributed by atoms with Gasteiger partial charge in [-0.2, -0.15) is 0 Å². The molecule has 0 aromatic heterocycles. The largest absolute Gasteiger partial charge is 0.454 e. The first-order chi connectivity index (χ1) is 13.3. The number of anilines is 1. The van der Waals surface area contributed by atoms with Crippen LogP contribution in [0.15, 0.2) is 54.6 Å². The predicted molar refractivity (Wildman–Crippen MR) is 109 cm³/mol. The van der Waals surface area contributed by atoms with Crippen molar-refractivity contribution in [1.29, 1.82) is 0 Å². The zero-order valence-corrected chi connectivity index (χ0v) is 16.2. The van der Waals surface area contributed by atoms with Crippen LogP contribution in [-0.2, 0) is 19.1 Å². The van der Waals surface area contributed by atoms with Gasteiger partial charge in [0, 0.05) is 11.8 Å². The van der Waals surface area contributed by atoms with E-state index in [4.69, 9.17) is 4.74 Å². The van der Waals surface area contributed by atoms with Gasteiger partial charge in [0.05, 0.1) is 0 Å². The first kappa shape index (κ1) is 20.9. The molecule has 0 saturated carbocycles. The second kappa shape index (κ2) is 10.1. The number of carbonyl (C=O) groups excluding carboxylic acids is 3. The second-order valence-corrected chi connectivity index (χ2v) is 6.43. The van der Waals surface area contributed by atoms with Crippen molar-refractivity contribution in [3.05, 3.63) is 71.3 Å². The molecule has 146 valence electrons. The SMILES string of the molecule is Cc1ccc(NC(=O)COC(=O)[C@H](C)NC(=O)/C=C/c2ccccc2)cc1C. The molecule has 6 nitrogen and oxygen atoms in total. The zero-order chi connectivity index (χ0) is 20.5. The minimum absolute atomic E-state index is 0.423. The van der Waals surface area contributed by atoms with E-state index < -0.39 is 30.4 Å². The van der Waals surface area contributed by atoms with Crippen LogP contribution in [-0.4, -0.2) is 30.4 Å². The molecule has 0 radical (unpaired) electrons. The topological polar surface area (TPSA) is 84.5 Å². The summed E-state index contributed by atoms with van der Waals surface area (Å²) in [6.45, 7) is 5.00. The minimum Gasteiger partial charge on any atom is -0.454 e. The van der Waals surface area contributed by atoms with Gasteiger partial charge in [-0.1, -0.05) is 36.4 Å². The molecule has 0 heterocycles. The number of aryl methyl sites for hydroxylation is 2. The van der Waals surface area contributed by atoms with Crippen molar-refractivity contribution in [3.63, 3.8) is 0 Å². The van der Waals surface area contributed by atoms with Crippen LogP contribution in [0.1, 0.15) is 23.6 Å². The zero-order valence-electron chi connectivity index (χ0n) is 16.2. The first-order valence-electron chi connectivity index (χ1n) is 8.92. The molecule has 2 rings (SSSR count). The third-order valence-corrected chi connectivity index (χ3v) is 4.08. The highest BCUT2D eigenvalue weighted by Crippen LogP contribution is 2.14. The summed E-state index contributed by atoms with van der Waals surface area (Å²) >= 11 is 0. The lowest BCUT2D eigenvalue weighted by molar-refractivity contribution is -0.149. The van der Waals surface area contributed by atoms with Gasteiger partial charge < -0.3 is 15.4 Å². The summed E-state index contributed by atoms with van der Waals surface area (Å²) < 4.78 is 4.97. The third-order valence-electron chi connectivity index (χ3n) is 4.08. The molecule has 0 bridgehead atoms. The average molecular weight is 380 g/mol. The maximum Gasteiger partial charge on any atom is 0.328 e. The van der Waals surface area contributed by atoms with Crippen molar-refractivity contribution >= 4 is 29.5 Å². The van der Waals surface area contributed by atoms with Crippen LogP contribution in [0.3, 0.4) is 0 Å². The molecule has 0 saturated heterocycles. The summed E-state index contributed by atoms with van der Waals surface area (Å²) in [6, 6.07) is 14.0. The maximum atomic E-state index is 12.0. The number of carbonyl (C=O) groups is 3. The summed E-state index contributed by atoms with van der Waals surface area (Å²) in [6.07, 6.45) is 2.98. The number of ether oxygens (including phenoxy) is 1. The highest BCUT2D eigenvalue weighted by atomic mass is 16.5. The number of esters is 1. The summed E-state index contributed by atoms with van der Waals surface area (Å²) in [4.78, 5) is 35.8. The van der Waals surface area contributed by atoms with E-state index in [1.807, 2.05) is 56.3 Å². The predicted octanol–water partition coefficient (Wildman–Crippen LogP) is 3.00. The van der Waals surface area contributed by atoms with E-state index in [1.165, 1.54) is 13.0 Å². The number of hydrogen-bond donors (Lipinski definition) is 2. The molecule has 28 heavy (non-hydrogen) atoms. The Balaban J connectivity index is 1.76. The fraction of sp³-hybridized carbons (Fsp3) is 0.227. The van der Waals surface area contributed by atoms with E-state index in [0.29, 0.717) is 5.69 Å².